The van der Waals surface area contributed by atoms with Gasteiger partial charge in [-0.3, -0.25) is 0 Å². The molecule has 94 valence electrons. The van der Waals surface area contributed by atoms with Crippen LogP contribution in [-0.2, 0) is 6.42 Å². The maximum absolute atomic E-state index is 6.17. The predicted molar refractivity (Wildman–Crippen MR) is 81.7 cm³/mol. The Labute approximate surface area is 121 Å². The van der Waals surface area contributed by atoms with Crippen LogP contribution in [0, 0.1) is 17.4 Å². The van der Waals surface area contributed by atoms with E-state index in [1.54, 1.807) is 0 Å². The summed E-state index contributed by atoms with van der Waals surface area (Å²) >= 11 is 2.27. The third-order valence-electron chi connectivity index (χ3n) is 3.69. The fourth-order valence-corrected chi connectivity index (χ4v) is 3.09. The number of rotatable bonds is 1. The molecule has 2 N–H and O–H groups in total. The van der Waals surface area contributed by atoms with E-state index in [4.69, 9.17) is 5.73 Å². The fourth-order valence-electron chi connectivity index (χ4n) is 2.74. The summed E-state index contributed by atoms with van der Waals surface area (Å²) < 4.78 is 3.08. The molecule has 4 heteroatoms. The van der Waals surface area contributed by atoms with E-state index >= 15 is 0 Å². The molecule has 3 nitrogen and oxygen atoms in total. The molecule has 2 aromatic rings. The summed E-state index contributed by atoms with van der Waals surface area (Å²) in [6.45, 7) is 4.15. The van der Waals surface area contributed by atoms with Gasteiger partial charge in [0.15, 0.2) is 0 Å². The minimum atomic E-state index is 0.308. The Hall–Kier alpha value is -1.04. The van der Waals surface area contributed by atoms with Gasteiger partial charge in [0.25, 0.3) is 0 Å². The van der Waals surface area contributed by atoms with Crippen LogP contribution in [0.1, 0.15) is 34.8 Å². The Morgan fingerprint density at radius 2 is 2.17 bits per heavy atom. The molecule has 0 bridgehead atoms. The first kappa shape index (κ1) is 12.0. The van der Waals surface area contributed by atoms with Crippen molar-refractivity contribution in [3.63, 3.8) is 0 Å². The first-order valence-corrected chi connectivity index (χ1v) is 7.25. The molecule has 1 aromatic carbocycles. The molecule has 0 spiro atoms. The molecule has 1 heterocycles. The van der Waals surface area contributed by atoms with Gasteiger partial charge in [-0.2, -0.15) is 5.10 Å². The molecule has 1 aliphatic carbocycles. The average molecular weight is 353 g/mol. The van der Waals surface area contributed by atoms with Crippen molar-refractivity contribution in [2.24, 2.45) is 0 Å². The molecule has 1 aromatic heterocycles. The standard InChI is InChI=1S/C14H16IN3/c1-8-3-4-10-5-6-12(11(10)7-8)18-14(16)13(15)9(2)17-18/h3-4,7,12H,5-6,16H2,1-2H3. The Morgan fingerprint density at radius 1 is 1.39 bits per heavy atom. The van der Waals surface area contributed by atoms with Gasteiger partial charge in [0.05, 0.1) is 15.3 Å². The number of nitrogen functional groups attached to an aromatic ring is 1. The van der Waals surface area contributed by atoms with Gasteiger partial charge in [-0.25, -0.2) is 4.68 Å². The van der Waals surface area contributed by atoms with Crippen molar-refractivity contribution >= 4 is 28.4 Å². The van der Waals surface area contributed by atoms with Crippen molar-refractivity contribution in [1.29, 1.82) is 0 Å². The van der Waals surface area contributed by atoms with E-state index in [9.17, 15) is 0 Å². The quantitative estimate of drug-likeness (QED) is 0.800. The van der Waals surface area contributed by atoms with E-state index in [-0.39, 0.29) is 0 Å². The first-order valence-electron chi connectivity index (χ1n) is 6.17. The Balaban J connectivity index is 2.11. The highest BCUT2D eigenvalue weighted by molar-refractivity contribution is 14.1. The predicted octanol–water partition coefficient (Wildman–Crippen LogP) is 3.22. The lowest BCUT2D eigenvalue weighted by Gasteiger charge is -2.14. The largest absolute Gasteiger partial charge is 0.383 e. The van der Waals surface area contributed by atoms with Crippen molar-refractivity contribution < 1.29 is 0 Å². The zero-order valence-corrected chi connectivity index (χ0v) is 12.7. The first-order chi connectivity index (χ1) is 8.58. The zero-order chi connectivity index (χ0) is 12.9. The Kier molecular flexibility index (Phi) is 2.84. The monoisotopic (exact) mass is 353 g/mol. The molecule has 1 aliphatic rings. The summed E-state index contributed by atoms with van der Waals surface area (Å²) in [7, 11) is 0. The summed E-state index contributed by atoms with van der Waals surface area (Å²) in [6.07, 6.45) is 2.22. The van der Waals surface area contributed by atoms with E-state index in [2.05, 4.69) is 52.8 Å². The minimum Gasteiger partial charge on any atom is -0.383 e. The van der Waals surface area contributed by atoms with Crippen molar-refractivity contribution in [3.05, 3.63) is 44.2 Å². The normalized spacial score (nSPS) is 18.1. The molecule has 0 saturated carbocycles. The number of aryl methyl sites for hydroxylation is 3. The highest BCUT2D eigenvalue weighted by Crippen LogP contribution is 2.37. The topological polar surface area (TPSA) is 43.8 Å². The molecule has 0 saturated heterocycles. The van der Waals surface area contributed by atoms with Crippen LogP contribution in [0.4, 0.5) is 5.82 Å². The van der Waals surface area contributed by atoms with Crippen LogP contribution >= 0.6 is 22.6 Å². The van der Waals surface area contributed by atoms with Crippen LogP contribution < -0.4 is 5.73 Å². The van der Waals surface area contributed by atoms with E-state index < -0.39 is 0 Å². The second-order valence-corrected chi connectivity index (χ2v) is 6.06. The van der Waals surface area contributed by atoms with Gasteiger partial charge >= 0.3 is 0 Å². The number of anilines is 1. The summed E-state index contributed by atoms with van der Waals surface area (Å²) in [6, 6.07) is 7.00. The lowest BCUT2D eigenvalue weighted by Crippen LogP contribution is -2.12. The molecular weight excluding hydrogens is 337 g/mol. The molecule has 0 fully saturated rings. The smallest absolute Gasteiger partial charge is 0.136 e. The molecule has 18 heavy (non-hydrogen) atoms. The number of halogens is 1. The zero-order valence-electron chi connectivity index (χ0n) is 10.6. The molecule has 1 unspecified atom stereocenters. The van der Waals surface area contributed by atoms with Crippen molar-refractivity contribution in [2.45, 2.75) is 32.7 Å². The maximum Gasteiger partial charge on any atom is 0.136 e. The van der Waals surface area contributed by atoms with Crippen LogP contribution in [0.15, 0.2) is 18.2 Å². The van der Waals surface area contributed by atoms with Crippen LogP contribution in [0.3, 0.4) is 0 Å². The van der Waals surface area contributed by atoms with Crippen LogP contribution in [0.2, 0.25) is 0 Å². The Morgan fingerprint density at radius 3 is 2.83 bits per heavy atom. The van der Waals surface area contributed by atoms with Crippen molar-refractivity contribution in [1.82, 2.24) is 9.78 Å². The summed E-state index contributed by atoms with van der Waals surface area (Å²) in [5, 5.41) is 4.60. The SMILES string of the molecule is Cc1ccc2c(c1)C(n1nc(C)c(I)c1N)CC2. The molecular formula is C14H16IN3. The summed E-state index contributed by atoms with van der Waals surface area (Å²) in [5.74, 6) is 0.799. The lowest BCUT2D eigenvalue weighted by molar-refractivity contribution is 0.524. The highest BCUT2D eigenvalue weighted by atomic mass is 127. The van der Waals surface area contributed by atoms with E-state index in [0.29, 0.717) is 6.04 Å². The lowest BCUT2D eigenvalue weighted by atomic mass is 10.1. The number of hydrogen-bond acceptors (Lipinski definition) is 2. The third kappa shape index (κ3) is 1.74. The van der Waals surface area contributed by atoms with Gasteiger partial charge in [-0.15, -0.1) is 0 Å². The van der Waals surface area contributed by atoms with Gasteiger partial charge in [0.2, 0.25) is 0 Å². The highest BCUT2D eigenvalue weighted by Gasteiger charge is 2.27. The number of fused-ring (bicyclic) bond motifs is 1. The average Bonchev–Trinajstić information content (AvgIpc) is 2.86. The van der Waals surface area contributed by atoms with Crippen LogP contribution in [-0.4, -0.2) is 9.78 Å². The number of benzene rings is 1. The number of hydrogen-bond donors (Lipinski definition) is 1. The van der Waals surface area contributed by atoms with Crippen LogP contribution in [0.5, 0.6) is 0 Å². The number of aromatic nitrogens is 2. The second kappa shape index (κ2) is 4.26. The summed E-state index contributed by atoms with van der Waals surface area (Å²) in [4.78, 5) is 0. The molecule has 0 aliphatic heterocycles. The van der Waals surface area contributed by atoms with Gasteiger partial charge in [-0.1, -0.05) is 23.8 Å². The van der Waals surface area contributed by atoms with Gasteiger partial charge < -0.3 is 5.73 Å². The van der Waals surface area contributed by atoms with Crippen molar-refractivity contribution in [3.8, 4) is 0 Å². The Bertz CT molecular complexity index is 616. The van der Waals surface area contributed by atoms with E-state index in [1.165, 1.54) is 16.7 Å². The number of nitrogens with two attached hydrogens (primary N) is 1. The summed E-state index contributed by atoms with van der Waals surface area (Å²) in [5.41, 5.74) is 11.3. The van der Waals surface area contributed by atoms with E-state index in [0.717, 1.165) is 27.9 Å². The van der Waals surface area contributed by atoms with Gasteiger partial charge in [0, 0.05) is 0 Å². The molecule has 1 atom stereocenters. The van der Waals surface area contributed by atoms with E-state index in [1.807, 2.05) is 11.6 Å². The maximum atomic E-state index is 6.17. The minimum absolute atomic E-state index is 0.308. The molecule has 3 rings (SSSR count). The van der Waals surface area contributed by atoms with Crippen molar-refractivity contribution in [2.75, 3.05) is 5.73 Å². The molecule has 0 amide bonds. The van der Waals surface area contributed by atoms with Crippen LogP contribution in [0.25, 0.3) is 0 Å². The van der Waals surface area contributed by atoms with Gasteiger partial charge in [-0.05, 0) is 60.4 Å². The third-order valence-corrected chi connectivity index (χ3v) is 5.02. The van der Waals surface area contributed by atoms with Gasteiger partial charge in [0.1, 0.15) is 5.82 Å². The molecule has 0 radical (unpaired) electrons. The number of nitrogens with zero attached hydrogens (tertiary/aromatic N) is 2. The second-order valence-electron chi connectivity index (χ2n) is 4.99. The fraction of sp³-hybridized carbons (Fsp3) is 0.357.